The number of carbonyl (C=O) groups excluding carboxylic acids is 2. The highest BCUT2D eigenvalue weighted by molar-refractivity contribution is 7.15. The number of hydrogen-bond acceptors (Lipinski definition) is 5. The minimum absolute atomic E-state index is 0.0821. The number of benzene rings is 2. The second-order valence-electron chi connectivity index (χ2n) is 7.60. The Balaban J connectivity index is 1.32. The molecule has 6 nitrogen and oxygen atoms in total. The predicted molar refractivity (Wildman–Crippen MR) is 123 cm³/mol. The number of anilines is 2. The maximum Gasteiger partial charge on any atom is 0.227 e. The second kappa shape index (κ2) is 9.31. The van der Waals surface area contributed by atoms with E-state index in [0.717, 1.165) is 22.7 Å². The van der Waals surface area contributed by atoms with Crippen LogP contribution in [0.2, 0.25) is 0 Å². The number of fused-ring (bicyclic) bond motifs is 1. The molecule has 0 radical (unpaired) electrons. The van der Waals surface area contributed by atoms with Crippen LogP contribution >= 0.6 is 11.3 Å². The fraction of sp³-hybridized carbons (Fsp3) is 0.292. The minimum atomic E-state index is -0.203. The predicted octanol–water partition coefficient (Wildman–Crippen LogP) is 4.50. The summed E-state index contributed by atoms with van der Waals surface area (Å²) in [6.45, 7) is 4.97. The lowest BCUT2D eigenvalue weighted by molar-refractivity contribution is -0.122. The van der Waals surface area contributed by atoms with Crippen molar-refractivity contribution in [2.24, 2.45) is 0 Å². The van der Waals surface area contributed by atoms with Crippen molar-refractivity contribution >= 4 is 34.0 Å². The van der Waals surface area contributed by atoms with Gasteiger partial charge in [-0.25, -0.2) is 4.98 Å². The van der Waals surface area contributed by atoms with Crippen LogP contribution < -0.4 is 15.0 Å². The molecular weight excluding hydrogens is 410 g/mol. The van der Waals surface area contributed by atoms with Crippen molar-refractivity contribution < 1.29 is 14.3 Å². The molecule has 1 aliphatic rings. The first kappa shape index (κ1) is 21.1. The normalized spacial score (nSPS) is 12.8. The first-order valence-corrected chi connectivity index (χ1v) is 11.1. The number of thiazole rings is 1. The van der Waals surface area contributed by atoms with E-state index in [0.29, 0.717) is 24.0 Å². The first-order valence-electron chi connectivity index (χ1n) is 10.3. The van der Waals surface area contributed by atoms with Crippen LogP contribution in [0.5, 0.6) is 5.75 Å². The molecule has 0 unspecified atom stereocenters. The molecule has 0 atom stereocenters. The van der Waals surface area contributed by atoms with Gasteiger partial charge in [0.15, 0.2) is 5.13 Å². The number of amides is 2. The van der Waals surface area contributed by atoms with E-state index in [9.17, 15) is 9.59 Å². The number of ether oxygens (including phenoxy) is 1. The molecule has 0 saturated carbocycles. The summed E-state index contributed by atoms with van der Waals surface area (Å²) in [5.74, 6) is 0.415. The molecule has 0 bridgehead atoms. The molecule has 1 aromatic heterocycles. The molecule has 0 spiro atoms. The van der Waals surface area contributed by atoms with Crippen molar-refractivity contribution in [3.63, 3.8) is 0 Å². The Labute approximate surface area is 185 Å². The lowest BCUT2D eigenvalue weighted by Gasteiger charge is -2.29. The lowest BCUT2D eigenvalue weighted by atomic mass is 10.1. The molecular formula is C24H25N3O3S. The Kier molecular flexibility index (Phi) is 6.32. The van der Waals surface area contributed by atoms with Gasteiger partial charge < -0.3 is 15.0 Å². The van der Waals surface area contributed by atoms with Crippen LogP contribution in [-0.2, 0) is 16.0 Å². The largest absolute Gasteiger partial charge is 0.490 e. The maximum atomic E-state index is 12.7. The summed E-state index contributed by atoms with van der Waals surface area (Å²) in [6, 6.07) is 15.9. The fourth-order valence-electron chi connectivity index (χ4n) is 3.50. The molecule has 7 heteroatoms. The molecule has 1 N–H and O–H groups in total. The number of aryl methyl sites for hydroxylation is 2. The van der Waals surface area contributed by atoms with Gasteiger partial charge in [-0.15, -0.1) is 11.3 Å². The summed E-state index contributed by atoms with van der Waals surface area (Å²) in [7, 11) is 0. The monoisotopic (exact) mass is 435 g/mol. The van der Waals surface area contributed by atoms with Crippen LogP contribution in [0.15, 0.2) is 48.5 Å². The summed E-state index contributed by atoms with van der Waals surface area (Å²) in [5, 5.41) is 3.43. The van der Waals surface area contributed by atoms with Gasteiger partial charge in [0.2, 0.25) is 11.8 Å². The molecule has 0 fully saturated rings. The highest BCUT2D eigenvalue weighted by Gasteiger charge is 2.23. The van der Waals surface area contributed by atoms with Crippen LogP contribution in [0, 0.1) is 13.8 Å². The number of aromatic nitrogens is 1. The number of para-hydroxylation sites is 2. The van der Waals surface area contributed by atoms with Crippen LogP contribution in [0.3, 0.4) is 0 Å². The molecule has 2 aromatic carbocycles. The van der Waals surface area contributed by atoms with E-state index in [2.05, 4.69) is 41.5 Å². The molecule has 1 aliphatic heterocycles. The van der Waals surface area contributed by atoms with E-state index in [-0.39, 0.29) is 24.7 Å². The van der Waals surface area contributed by atoms with Gasteiger partial charge in [-0.05, 0) is 31.5 Å². The number of hydrogen-bond donors (Lipinski definition) is 1. The zero-order valence-electron chi connectivity index (χ0n) is 17.7. The van der Waals surface area contributed by atoms with Crippen LogP contribution in [0.1, 0.15) is 34.5 Å². The summed E-state index contributed by atoms with van der Waals surface area (Å²) < 4.78 is 5.59. The highest BCUT2D eigenvalue weighted by Crippen LogP contribution is 2.31. The third kappa shape index (κ3) is 5.11. The van der Waals surface area contributed by atoms with Gasteiger partial charge in [0.1, 0.15) is 12.4 Å². The van der Waals surface area contributed by atoms with Gasteiger partial charge in [0.05, 0.1) is 17.9 Å². The van der Waals surface area contributed by atoms with E-state index in [1.54, 1.807) is 4.90 Å². The zero-order chi connectivity index (χ0) is 21.8. The van der Waals surface area contributed by atoms with Crippen molar-refractivity contribution in [3.05, 3.63) is 70.2 Å². The number of nitrogens with one attached hydrogen (secondary N) is 1. The van der Waals surface area contributed by atoms with Crippen molar-refractivity contribution in [2.45, 2.75) is 33.1 Å². The van der Waals surface area contributed by atoms with Crippen molar-refractivity contribution in [2.75, 3.05) is 23.4 Å². The van der Waals surface area contributed by atoms with E-state index < -0.39 is 0 Å². The molecule has 2 heterocycles. The highest BCUT2D eigenvalue weighted by atomic mass is 32.1. The van der Waals surface area contributed by atoms with Crippen molar-refractivity contribution in [1.82, 2.24) is 4.98 Å². The average molecular weight is 436 g/mol. The standard InChI is InChI=1S/C24H25N3O3S/c1-16-7-9-18(10-8-16)15-21-17(2)25-24(31-21)26-22(28)11-12-23(29)27-13-14-30-20-6-4-3-5-19(20)27/h3-10H,11-15H2,1-2H3,(H,25,26,28). The van der Waals surface area contributed by atoms with Gasteiger partial charge in [-0.1, -0.05) is 42.0 Å². The summed E-state index contributed by atoms with van der Waals surface area (Å²) in [6.07, 6.45) is 1.04. The molecule has 160 valence electrons. The van der Waals surface area contributed by atoms with Crippen LogP contribution in [0.25, 0.3) is 0 Å². The van der Waals surface area contributed by atoms with Gasteiger partial charge in [0.25, 0.3) is 0 Å². The Morgan fingerprint density at radius 1 is 1.10 bits per heavy atom. The Bertz CT molecular complexity index is 1090. The minimum Gasteiger partial charge on any atom is -0.490 e. The Morgan fingerprint density at radius 3 is 2.68 bits per heavy atom. The number of rotatable bonds is 6. The Hall–Kier alpha value is -3.19. The quantitative estimate of drug-likeness (QED) is 0.619. The third-order valence-electron chi connectivity index (χ3n) is 5.22. The smallest absolute Gasteiger partial charge is 0.227 e. The maximum absolute atomic E-state index is 12.7. The summed E-state index contributed by atoms with van der Waals surface area (Å²) in [5.41, 5.74) is 4.12. The average Bonchev–Trinajstić information content (AvgIpc) is 3.11. The fourth-order valence-corrected chi connectivity index (χ4v) is 4.52. The van der Waals surface area contributed by atoms with Gasteiger partial charge in [0, 0.05) is 24.1 Å². The number of nitrogens with zero attached hydrogens (tertiary/aromatic N) is 2. The van der Waals surface area contributed by atoms with E-state index >= 15 is 0 Å². The summed E-state index contributed by atoms with van der Waals surface area (Å²) >= 11 is 1.48. The van der Waals surface area contributed by atoms with Crippen molar-refractivity contribution in [1.29, 1.82) is 0 Å². The van der Waals surface area contributed by atoms with Crippen LogP contribution in [0.4, 0.5) is 10.8 Å². The first-order chi connectivity index (χ1) is 15.0. The molecule has 0 saturated heterocycles. The topological polar surface area (TPSA) is 71.5 Å². The van der Waals surface area contributed by atoms with Gasteiger partial charge in [-0.3, -0.25) is 9.59 Å². The molecule has 31 heavy (non-hydrogen) atoms. The van der Waals surface area contributed by atoms with E-state index in [1.165, 1.54) is 22.5 Å². The molecule has 3 aromatic rings. The van der Waals surface area contributed by atoms with Crippen molar-refractivity contribution in [3.8, 4) is 5.75 Å². The zero-order valence-corrected chi connectivity index (χ0v) is 18.5. The van der Waals surface area contributed by atoms with Crippen LogP contribution in [-0.4, -0.2) is 29.9 Å². The van der Waals surface area contributed by atoms with Gasteiger partial charge in [-0.2, -0.15) is 0 Å². The lowest BCUT2D eigenvalue weighted by Crippen LogP contribution is -2.38. The molecule has 4 rings (SSSR count). The second-order valence-corrected chi connectivity index (χ2v) is 8.68. The van der Waals surface area contributed by atoms with E-state index in [4.69, 9.17) is 4.74 Å². The molecule has 0 aliphatic carbocycles. The third-order valence-corrected chi connectivity index (χ3v) is 6.29. The summed E-state index contributed by atoms with van der Waals surface area (Å²) in [4.78, 5) is 32.4. The SMILES string of the molecule is Cc1ccc(Cc2sc(NC(=O)CCC(=O)N3CCOc4ccccc43)nc2C)cc1. The molecule has 2 amide bonds. The Morgan fingerprint density at radius 2 is 1.87 bits per heavy atom. The van der Waals surface area contributed by atoms with Gasteiger partial charge >= 0.3 is 0 Å². The number of carbonyl (C=O) groups is 2. The van der Waals surface area contributed by atoms with E-state index in [1.807, 2.05) is 31.2 Å².